The first-order valence-corrected chi connectivity index (χ1v) is 13.7. The molecule has 6 aromatic rings. The van der Waals surface area contributed by atoms with Crippen molar-refractivity contribution in [2.75, 3.05) is 7.11 Å². The van der Waals surface area contributed by atoms with Gasteiger partial charge < -0.3 is 28.5 Å². The van der Waals surface area contributed by atoms with Crippen molar-refractivity contribution in [3.63, 3.8) is 0 Å². The summed E-state index contributed by atoms with van der Waals surface area (Å²) in [6.45, 7) is 1.53. The molecule has 11 heteroatoms. The van der Waals surface area contributed by atoms with Gasteiger partial charge >= 0.3 is 11.3 Å². The molecule has 0 saturated carbocycles. The molecule has 0 fully saturated rings. The number of ether oxygens (including phenoxy) is 2. The van der Waals surface area contributed by atoms with Crippen LogP contribution in [-0.4, -0.2) is 22.2 Å². The number of rotatable bonds is 8. The molecule has 2 N–H and O–H groups in total. The van der Waals surface area contributed by atoms with Crippen molar-refractivity contribution in [2.24, 2.45) is 0 Å². The van der Waals surface area contributed by atoms with Crippen LogP contribution in [-0.2, 0) is 6.61 Å². The number of nitro groups is 1. The summed E-state index contributed by atoms with van der Waals surface area (Å²) in [6, 6.07) is 22.0. The van der Waals surface area contributed by atoms with Crippen LogP contribution in [0.4, 0.5) is 5.69 Å². The van der Waals surface area contributed by atoms with Gasteiger partial charge in [0.2, 0.25) is 0 Å². The van der Waals surface area contributed by atoms with Crippen LogP contribution >= 0.6 is 0 Å². The third-order valence-electron chi connectivity index (χ3n) is 7.61. The second kappa shape index (κ2) is 11.5. The third-order valence-corrected chi connectivity index (χ3v) is 7.61. The quantitative estimate of drug-likeness (QED) is 0.114. The van der Waals surface area contributed by atoms with Crippen molar-refractivity contribution in [2.45, 2.75) is 19.4 Å². The van der Waals surface area contributed by atoms with Gasteiger partial charge in [-0.25, -0.2) is 9.59 Å². The van der Waals surface area contributed by atoms with E-state index in [1.807, 2.05) is 0 Å². The summed E-state index contributed by atoms with van der Waals surface area (Å²) < 4.78 is 22.6. The predicted molar refractivity (Wildman–Crippen MR) is 164 cm³/mol. The first-order valence-electron chi connectivity index (χ1n) is 13.7. The van der Waals surface area contributed by atoms with Gasteiger partial charge in [-0.1, -0.05) is 30.3 Å². The standard InChI is InChI=1S/C34H25NO10/c1-18-15-21(12-13-24(18)35(40)41)43-17-20-16-19(11-14-25(20)42-2)28(29-31(36)22-7-3-5-9-26(22)44-33(29)38)30-32(37)23-8-4-6-10-27(23)45-34(30)39/h3-16,28,36-37H,17H2,1-2H3. The van der Waals surface area contributed by atoms with Crippen LogP contribution in [0.1, 0.15) is 33.7 Å². The van der Waals surface area contributed by atoms with Crippen molar-refractivity contribution >= 4 is 27.6 Å². The molecule has 0 radical (unpaired) electrons. The first-order chi connectivity index (χ1) is 21.7. The molecule has 45 heavy (non-hydrogen) atoms. The van der Waals surface area contributed by atoms with Gasteiger partial charge in [0.25, 0.3) is 5.69 Å². The molecular formula is C34H25NO10. The number of aromatic hydroxyl groups is 2. The van der Waals surface area contributed by atoms with E-state index in [1.54, 1.807) is 61.5 Å². The smallest absolute Gasteiger partial charge is 0.344 e. The number of nitro benzene ring substituents is 1. The highest BCUT2D eigenvalue weighted by molar-refractivity contribution is 5.87. The molecule has 0 aliphatic heterocycles. The van der Waals surface area contributed by atoms with Gasteiger partial charge in [-0.2, -0.15) is 0 Å². The molecule has 226 valence electrons. The zero-order chi connectivity index (χ0) is 31.8. The Morgan fingerprint density at radius 1 is 0.822 bits per heavy atom. The molecule has 0 bridgehead atoms. The maximum Gasteiger partial charge on any atom is 0.344 e. The minimum atomic E-state index is -1.35. The lowest BCUT2D eigenvalue weighted by atomic mass is 9.84. The second-order valence-electron chi connectivity index (χ2n) is 10.3. The predicted octanol–water partition coefficient (Wildman–Crippen LogP) is 6.30. The van der Waals surface area contributed by atoms with Crippen LogP contribution < -0.4 is 20.7 Å². The molecule has 0 saturated heterocycles. The molecule has 4 aromatic carbocycles. The fourth-order valence-electron chi connectivity index (χ4n) is 5.46. The molecule has 0 aliphatic carbocycles. The summed E-state index contributed by atoms with van der Waals surface area (Å²) in [7, 11) is 1.46. The average Bonchev–Trinajstić information content (AvgIpc) is 3.02. The van der Waals surface area contributed by atoms with Gasteiger partial charge in [0, 0.05) is 17.2 Å². The summed E-state index contributed by atoms with van der Waals surface area (Å²) in [5, 5.41) is 34.6. The molecule has 2 aromatic heterocycles. The van der Waals surface area contributed by atoms with Crippen LogP contribution in [0, 0.1) is 17.0 Å². The van der Waals surface area contributed by atoms with E-state index in [0.29, 0.717) is 28.2 Å². The molecule has 0 spiro atoms. The lowest BCUT2D eigenvalue weighted by Gasteiger charge is -2.21. The number of aryl methyl sites for hydroxylation is 1. The van der Waals surface area contributed by atoms with Crippen LogP contribution in [0.3, 0.4) is 0 Å². The highest BCUT2D eigenvalue weighted by Crippen LogP contribution is 2.43. The minimum absolute atomic E-state index is 0.0483. The van der Waals surface area contributed by atoms with Crippen LogP contribution in [0.2, 0.25) is 0 Å². The molecule has 6 rings (SSSR count). The Morgan fingerprint density at radius 2 is 1.40 bits per heavy atom. The van der Waals surface area contributed by atoms with Gasteiger partial charge in [0.1, 0.15) is 40.8 Å². The van der Waals surface area contributed by atoms with Gasteiger partial charge in [-0.3, -0.25) is 10.1 Å². The van der Waals surface area contributed by atoms with E-state index in [0.717, 1.165) is 0 Å². The third kappa shape index (κ3) is 5.20. The molecule has 0 unspecified atom stereocenters. The van der Waals surface area contributed by atoms with E-state index in [1.165, 1.54) is 37.4 Å². The van der Waals surface area contributed by atoms with E-state index >= 15 is 0 Å². The molecule has 11 nitrogen and oxygen atoms in total. The summed E-state index contributed by atoms with van der Waals surface area (Å²) in [5.41, 5.74) is -0.974. The number of methoxy groups -OCH3 is 1. The summed E-state index contributed by atoms with van der Waals surface area (Å²) in [4.78, 5) is 37.8. The van der Waals surface area contributed by atoms with Crippen molar-refractivity contribution < 1.29 is 33.4 Å². The monoisotopic (exact) mass is 607 g/mol. The highest BCUT2D eigenvalue weighted by Gasteiger charge is 2.33. The van der Waals surface area contributed by atoms with Crippen molar-refractivity contribution in [1.29, 1.82) is 0 Å². The lowest BCUT2D eigenvalue weighted by Crippen LogP contribution is -2.21. The number of hydrogen-bond donors (Lipinski definition) is 2. The average molecular weight is 608 g/mol. The molecule has 0 atom stereocenters. The Kier molecular flexibility index (Phi) is 7.43. The summed E-state index contributed by atoms with van der Waals surface area (Å²) >= 11 is 0. The first kappa shape index (κ1) is 29.0. The SMILES string of the molecule is COc1ccc(C(c2c(O)c3ccccc3oc2=O)c2c(O)c3ccccc3oc2=O)cc1COc1ccc([N+](=O)[O-])c(C)c1. The van der Waals surface area contributed by atoms with Crippen molar-refractivity contribution in [3.05, 3.63) is 144 Å². The summed E-state index contributed by atoms with van der Waals surface area (Å²) in [6.07, 6.45) is 0. The highest BCUT2D eigenvalue weighted by atomic mass is 16.6. The second-order valence-corrected chi connectivity index (χ2v) is 10.3. The molecular weight excluding hydrogens is 582 g/mol. The van der Waals surface area contributed by atoms with Gasteiger partial charge in [-0.05, 0) is 61.0 Å². The summed E-state index contributed by atoms with van der Waals surface area (Å²) in [5.74, 6) is -1.43. The number of fused-ring (bicyclic) bond motifs is 2. The van der Waals surface area contributed by atoms with Gasteiger partial charge in [0.05, 0.1) is 39.9 Å². The Labute approximate surface area is 254 Å². The fraction of sp³-hybridized carbons (Fsp3) is 0.118. The van der Waals surface area contributed by atoms with E-state index in [2.05, 4.69) is 0 Å². The van der Waals surface area contributed by atoms with E-state index in [-0.39, 0.29) is 45.4 Å². The zero-order valence-corrected chi connectivity index (χ0v) is 24.0. The number of hydrogen-bond acceptors (Lipinski definition) is 10. The van der Waals surface area contributed by atoms with Crippen molar-refractivity contribution in [3.8, 4) is 23.0 Å². The Balaban J connectivity index is 1.54. The topological polar surface area (TPSA) is 162 Å². The van der Waals surface area contributed by atoms with E-state index in [4.69, 9.17) is 18.3 Å². The lowest BCUT2D eigenvalue weighted by molar-refractivity contribution is -0.385. The maximum atomic E-state index is 13.5. The molecule has 0 amide bonds. The Hall–Kier alpha value is -6.10. The maximum absolute atomic E-state index is 13.5. The number of para-hydroxylation sites is 2. The number of nitrogens with zero attached hydrogens (tertiary/aromatic N) is 1. The fourth-order valence-corrected chi connectivity index (χ4v) is 5.46. The van der Waals surface area contributed by atoms with Gasteiger partial charge in [-0.15, -0.1) is 0 Å². The van der Waals surface area contributed by atoms with Crippen LogP contribution in [0.25, 0.3) is 21.9 Å². The largest absolute Gasteiger partial charge is 0.507 e. The van der Waals surface area contributed by atoms with Crippen LogP contribution in [0.15, 0.2) is 103 Å². The minimum Gasteiger partial charge on any atom is -0.507 e. The van der Waals surface area contributed by atoms with Crippen LogP contribution in [0.5, 0.6) is 23.0 Å². The normalized spacial score (nSPS) is 11.3. The van der Waals surface area contributed by atoms with E-state index in [9.17, 15) is 29.9 Å². The zero-order valence-electron chi connectivity index (χ0n) is 24.0. The van der Waals surface area contributed by atoms with Crippen molar-refractivity contribution in [1.82, 2.24) is 0 Å². The molecule has 2 heterocycles. The molecule has 0 aliphatic rings. The van der Waals surface area contributed by atoms with Gasteiger partial charge in [0.15, 0.2) is 0 Å². The Bertz CT molecular complexity index is 2130. The Morgan fingerprint density at radius 3 is 1.93 bits per heavy atom. The number of benzene rings is 4. The van der Waals surface area contributed by atoms with E-state index < -0.39 is 33.6 Å².